The molecule has 0 aromatic heterocycles. The number of hydrogen-bond acceptors (Lipinski definition) is 5. The van der Waals surface area contributed by atoms with E-state index < -0.39 is 17.7 Å². The molecule has 1 amide bonds. The molecule has 7 nitrogen and oxygen atoms in total. The van der Waals surface area contributed by atoms with Crippen LogP contribution in [0, 0.1) is 5.82 Å². The second-order valence-corrected chi connectivity index (χ2v) is 8.67. The Morgan fingerprint density at radius 2 is 1.67 bits per heavy atom. The van der Waals surface area contributed by atoms with Gasteiger partial charge in [0, 0.05) is 5.56 Å². The summed E-state index contributed by atoms with van der Waals surface area (Å²) in [5.74, 6) is -0.858. The number of methoxy groups -OCH3 is 1. The molecule has 1 aliphatic rings. The number of rotatable bonds is 8. The number of hydrazone groups is 1. The summed E-state index contributed by atoms with van der Waals surface area (Å²) >= 11 is 0. The molecule has 0 radical (unpaired) electrons. The van der Waals surface area contributed by atoms with Crippen LogP contribution in [0.1, 0.15) is 27.0 Å². The molecule has 1 aliphatic heterocycles. The Balaban J connectivity index is 1.49. The summed E-state index contributed by atoms with van der Waals surface area (Å²) in [6.45, 7) is 0.368. The van der Waals surface area contributed by atoms with Crippen LogP contribution in [0.5, 0.6) is 11.5 Å². The Labute approximate surface area is 224 Å². The van der Waals surface area contributed by atoms with Crippen LogP contribution in [0.15, 0.2) is 108 Å². The highest BCUT2D eigenvalue weighted by molar-refractivity contribution is 6.37. The van der Waals surface area contributed by atoms with Crippen molar-refractivity contribution in [2.45, 2.75) is 6.61 Å². The Bertz CT molecular complexity index is 1580. The van der Waals surface area contributed by atoms with E-state index in [1.807, 2.05) is 30.3 Å². The number of nitrogens with zero attached hydrogens (tertiary/aromatic N) is 2. The van der Waals surface area contributed by atoms with Gasteiger partial charge in [0.05, 0.1) is 23.9 Å². The predicted molar refractivity (Wildman–Crippen MR) is 146 cm³/mol. The minimum absolute atomic E-state index is 0.0885. The number of carboxylic acids is 1. The summed E-state index contributed by atoms with van der Waals surface area (Å²) in [4.78, 5) is 24.8. The summed E-state index contributed by atoms with van der Waals surface area (Å²) in [6, 6.07) is 26.6. The predicted octanol–water partition coefficient (Wildman–Crippen LogP) is 5.95. The highest BCUT2D eigenvalue weighted by Gasteiger charge is 2.32. The van der Waals surface area contributed by atoms with Gasteiger partial charge in [-0.2, -0.15) is 10.1 Å². The van der Waals surface area contributed by atoms with E-state index in [1.165, 1.54) is 48.5 Å². The van der Waals surface area contributed by atoms with Gasteiger partial charge in [0.15, 0.2) is 11.5 Å². The van der Waals surface area contributed by atoms with Crippen molar-refractivity contribution < 1.29 is 28.6 Å². The fourth-order valence-corrected chi connectivity index (χ4v) is 4.08. The number of halogens is 1. The number of aromatic carboxylic acids is 1. The zero-order valence-corrected chi connectivity index (χ0v) is 20.9. The van der Waals surface area contributed by atoms with E-state index in [0.29, 0.717) is 40.6 Å². The van der Waals surface area contributed by atoms with Gasteiger partial charge < -0.3 is 14.6 Å². The van der Waals surface area contributed by atoms with Crippen molar-refractivity contribution in [2.75, 3.05) is 12.1 Å². The molecule has 1 heterocycles. The molecule has 0 saturated carbocycles. The van der Waals surface area contributed by atoms with Crippen molar-refractivity contribution in [2.24, 2.45) is 5.10 Å². The summed E-state index contributed by atoms with van der Waals surface area (Å²) in [5, 5.41) is 14.9. The number of hydrogen-bond donors (Lipinski definition) is 1. The number of amides is 1. The van der Waals surface area contributed by atoms with Gasteiger partial charge in [0.25, 0.3) is 5.91 Å². The van der Waals surface area contributed by atoms with E-state index in [-0.39, 0.29) is 11.1 Å². The van der Waals surface area contributed by atoms with Gasteiger partial charge in [-0.25, -0.2) is 9.18 Å². The summed E-state index contributed by atoms with van der Waals surface area (Å²) < 4.78 is 25.1. The lowest BCUT2D eigenvalue weighted by Crippen LogP contribution is -2.21. The molecule has 1 N–H and O–H groups in total. The van der Waals surface area contributed by atoms with Crippen LogP contribution >= 0.6 is 0 Å². The smallest absolute Gasteiger partial charge is 0.335 e. The molecule has 0 aliphatic carbocycles. The first kappa shape index (κ1) is 25.4. The zero-order chi connectivity index (χ0) is 27.4. The maximum atomic E-state index is 13.6. The van der Waals surface area contributed by atoms with Crippen molar-refractivity contribution >= 4 is 29.4 Å². The monoisotopic (exact) mass is 522 g/mol. The first-order chi connectivity index (χ1) is 18.9. The lowest BCUT2D eigenvalue weighted by atomic mass is 10.00. The van der Waals surface area contributed by atoms with Crippen LogP contribution in [0.4, 0.5) is 10.1 Å². The molecular weight excluding hydrogens is 499 g/mol. The molecule has 4 aromatic rings. The van der Waals surface area contributed by atoms with Crippen molar-refractivity contribution in [3.05, 3.63) is 131 Å². The van der Waals surface area contributed by atoms with Crippen molar-refractivity contribution in [1.29, 1.82) is 0 Å². The van der Waals surface area contributed by atoms with Crippen molar-refractivity contribution in [3.63, 3.8) is 0 Å². The van der Waals surface area contributed by atoms with E-state index in [0.717, 1.165) is 5.56 Å². The first-order valence-electron chi connectivity index (χ1n) is 12.0. The Kier molecular flexibility index (Phi) is 7.18. The molecule has 0 atom stereocenters. The van der Waals surface area contributed by atoms with E-state index in [4.69, 9.17) is 9.47 Å². The van der Waals surface area contributed by atoms with Gasteiger partial charge in [-0.05, 0) is 77.9 Å². The summed E-state index contributed by atoms with van der Waals surface area (Å²) in [6.07, 6.45) is 1.68. The molecule has 0 fully saturated rings. The lowest BCUT2D eigenvalue weighted by Gasteiger charge is -2.12. The summed E-state index contributed by atoms with van der Waals surface area (Å²) in [5.41, 5.74) is 3.35. The molecule has 0 saturated heterocycles. The Morgan fingerprint density at radius 1 is 0.949 bits per heavy atom. The standard InChI is InChI=1S/C31H23FN2O5/c1-38-28-18-21(7-16-27(28)39-19-20-5-3-2-4-6-20)17-26-29(22-8-12-24(32)13-9-22)33-34(30(26)35)25-14-10-23(11-15-25)31(36)37/h2-18H,19H2,1H3,(H,36,37)/b26-17-. The maximum absolute atomic E-state index is 13.6. The largest absolute Gasteiger partial charge is 0.493 e. The molecule has 4 aromatic carbocycles. The van der Waals surface area contributed by atoms with Crippen LogP contribution < -0.4 is 14.5 Å². The third-order valence-corrected chi connectivity index (χ3v) is 6.09. The fourth-order valence-electron chi connectivity index (χ4n) is 4.08. The SMILES string of the molecule is COc1cc(/C=C2\C(=O)N(c3ccc(C(=O)O)cc3)N=C2c2ccc(F)cc2)ccc1OCc1ccccc1. The van der Waals surface area contributed by atoms with Crippen LogP contribution in [0.2, 0.25) is 0 Å². The van der Waals surface area contributed by atoms with Crippen LogP contribution in [0.3, 0.4) is 0 Å². The van der Waals surface area contributed by atoms with E-state index in [9.17, 15) is 19.1 Å². The lowest BCUT2D eigenvalue weighted by molar-refractivity contribution is -0.114. The highest BCUT2D eigenvalue weighted by Crippen LogP contribution is 2.32. The van der Waals surface area contributed by atoms with Crippen LogP contribution in [-0.2, 0) is 11.4 Å². The minimum atomic E-state index is -1.07. The van der Waals surface area contributed by atoms with Crippen LogP contribution in [0.25, 0.3) is 6.08 Å². The molecule has 0 unspecified atom stereocenters. The first-order valence-corrected chi connectivity index (χ1v) is 12.0. The third kappa shape index (κ3) is 5.55. The Morgan fingerprint density at radius 3 is 2.33 bits per heavy atom. The minimum Gasteiger partial charge on any atom is -0.493 e. The number of carbonyl (C=O) groups excluding carboxylic acids is 1. The molecule has 39 heavy (non-hydrogen) atoms. The molecule has 194 valence electrons. The van der Waals surface area contributed by atoms with Gasteiger partial charge in [-0.15, -0.1) is 0 Å². The number of carbonyl (C=O) groups is 2. The van der Waals surface area contributed by atoms with Gasteiger partial charge in [-0.3, -0.25) is 4.79 Å². The molecule has 0 bridgehead atoms. The number of ether oxygens (including phenoxy) is 2. The highest BCUT2D eigenvalue weighted by atomic mass is 19.1. The van der Waals surface area contributed by atoms with E-state index >= 15 is 0 Å². The zero-order valence-electron chi connectivity index (χ0n) is 20.9. The van der Waals surface area contributed by atoms with Crippen molar-refractivity contribution in [1.82, 2.24) is 0 Å². The number of anilines is 1. The van der Waals surface area contributed by atoms with Gasteiger partial charge in [0.2, 0.25) is 0 Å². The second-order valence-electron chi connectivity index (χ2n) is 8.67. The number of benzene rings is 4. The average Bonchev–Trinajstić information content (AvgIpc) is 3.28. The van der Waals surface area contributed by atoms with Gasteiger partial charge in [-0.1, -0.05) is 36.4 Å². The normalized spacial score (nSPS) is 13.9. The van der Waals surface area contributed by atoms with Gasteiger partial charge >= 0.3 is 5.97 Å². The van der Waals surface area contributed by atoms with E-state index in [2.05, 4.69) is 5.10 Å². The molecule has 8 heteroatoms. The van der Waals surface area contributed by atoms with E-state index in [1.54, 1.807) is 36.4 Å². The maximum Gasteiger partial charge on any atom is 0.335 e. The summed E-state index contributed by atoms with van der Waals surface area (Å²) in [7, 11) is 1.54. The fraction of sp³-hybridized carbons (Fsp3) is 0.0645. The molecule has 5 rings (SSSR count). The number of carboxylic acid groups (broad SMARTS) is 1. The van der Waals surface area contributed by atoms with Crippen LogP contribution in [-0.4, -0.2) is 29.8 Å². The van der Waals surface area contributed by atoms with Gasteiger partial charge in [0.1, 0.15) is 18.1 Å². The quantitative estimate of drug-likeness (QED) is 0.289. The second kappa shape index (κ2) is 11.0. The molecular formula is C31H23FN2O5. The molecule has 0 spiro atoms. The Hall–Kier alpha value is -5.24. The topological polar surface area (TPSA) is 88.4 Å². The average molecular weight is 523 g/mol. The third-order valence-electron chi connectivity index (χ3n) is 6.09. The van der Waals surface area contributed by atoms with Crippen molar-refractivity contribution in [3.8, 4) is 11.5 Å².